The number of hydrogen-bond acceptors (Lipinski definition) is 4. The van der Waals surface area contributed by atoms with Gasteiger partial charge in [0.15, 0.2) is 0 Å². The lowest BCUT2D eigenvalue weighted by atomic mass is 10.1. The molecule has 0 bridgehead atoms. The molecule has 0 radical (unpaired) electrons. The average molecular weight is 562 g/mol. The van der Waals surface area contributed by atoms with Crippen molar-refractivity contribution in [1.82, 2.24) is 10.2 Å². The van der Waals surface area contributed by atoms with Crippen molar-refractivity contribution in [3.05, 3.63) is 96.1 Å². The molecular weight excluding hydrogens is 522 g/mol. The first-order valence-corrected chi connectivity index (χ1v) is 15.5. The van der Waals surface area contributed by atoms with Gasteiger partial charge in [-0.25, -0.2) is 8.42 Å². The summed E-state index contributed by atoms with van der Waals surface area (Å²) >= 11 is 0. The van der Waals surface area contributed by atoms with E-state index in [-0.39, 0.29) is 16.8 Å². The van der Waals surface area contributed by atoms with Crippen LogP contribution in [0.3, 0.4) is 0 Å². The van der Waals surface area contributed by atoms with Crippen LogP contribution in [0.15, 0.2) is 89.8 Å². The smallest absolute Gasteiger partial charge is 0.264 e. The first-order chi connectivity index (χ1) is 19.3. The van der Waals surface area contributed by atoms with Crippen LogP contribution in [0.5, 0.6) is 0 Å². The minimum absolute atomic E-state index is 0.103. The summed E-state index contributed by atoms with van der Waals surface area (Å²) in [5.74, 6) is -0.589. The molecule has 212 valence electrons. The molecule has 4 rings (SSSR count). The van der Waals surface area contributed by atoms with E-state index in [4.69, 9.17) is 0 Å². The first-order valence-electron chi connectivity index (χ1n) is 14.1. The molecule has 2 amide bonds. The highest BCUT2D eigenvalue weighted by Gasteiger charge is 2.34. The number of nitrogens with zero attached hydrogens (tertiary/aromatic N) is 2. The van der Waals surface area contributed by atoms with Gasteiger partial charge >= 0.3 is 0 Å². The topological polar surface area (TPSA) is 86.8 Å². The zero-order chi connectivity index (χ0) is 28.5. The molecule has 0 spiro atoms. The summed E-state index contributed by atoms with van der Waals surface area (Å²) in [5, 5.41) is 3.15. The summed E-state index contributed by atoms with van der Waals surface area (Å²) in [4.78, 5) is 29.2. The molecule has 0 aliphatic heterocycles. The van der Waals surface area contributed by atoms with Gasteiger partial charge in [-0.05, 0) is 68.0 Å². The fourth-order valence-electron chi connectivity index (χ4n) is 5.29. The van der Waals surface area contributed by atoms with Crippen molar-refractivity contribution < 1.29 is 18.0 Å². The van der Waals surface area contributed by atoms with Crippen molar-refractivity contribution in [3.63, 3.8) is 0 Å². The van der Waals surface area contributed by atoms with Crippen LogP contribution in [-0.2, 0) is 26.0 Å². The number of carbonyl (C=O) groups is 2. The molecule has 0 saturated heterocycles. The van der Waals surface area contributed by atoms with E-state index in [1.165, 1.54) is 12.1 Å². The van der Waals surface area contributed by atoms with E-state index in [0.717, 1.165) is 41.1 Å². The van der Waals surface area contributed by atoms with Crippen molar-refractivity contribution in [2.75, 3.05) is 17.4 Å². The second-order valence-electron chi connectivity index (χ2n) is 10.4. The summed E-state index contributed by atoms with van der Waals surface area (Å²) in [6, 6.07) is 24.5. The molecule has 0 heterocycles. The maximum absolute atomic E-state index is 14.1. The van der Waals surface area contributed by atoms with Gasteiger partial charge in [0.25, 0.3) is 10.0 Å². The van der Waals surface area contributed by atoms with Crippen LogP contribution in [0.1, 0.15) is 50.2 Å². The molecule has 1 saturated carbocycles. The Labute approximate surface area is 238 Å². The number of carbonyl (C=O) groups excluding carboxylic acids is 2. The SMILES string of the molecule is CC[C@H](C(=O)NC1CCCC1)N(CCc1ccccc1)C(=O)CN(c1cccc(C)c1)S(=O)(=O)c1ccccc1. The quantitative estimate of drug-likeness (QED) is 0.333. The van der Waals surface area contributed by atoms with Gasteiger partial charge in [0.05, 0.1) is 10.6 Å². The van der Waals surface area contributed by atoms with Gasteiger partial charge < -0.3 is 10.2 Å². The highest BCUT2D eigenvalue weighted by molar-refractivity contribution is 7.92. The number of aryl methyl sites for hydroxylation is 1. The monoisotopic (exact) mass is 561 g/mol. The third-order valence-electron chi connectivity index (χ3n) is 7.47. The zero-order valence-corrected chi connectivity index (χ0v) is 24.1. The normalized spacial score (nSPS) is 14.4. The highest BCUT2D eigenvalue weighted by Crippen LogP contribution is 2.25. The summed E-state index contributed by atoms with van der Waals surface area (Å²) in [6.07, 6.45) is 5.03. The number of hydrogen-bond donors (Lipinski definition) is 1. The Balaban J connectivity index is 1.66. The lowest BCUT2D eigenvalue weighted by Gasteiger charge is -2.33. The predicted octanol–water partition coefficient (Wildman–Crippen LogP) is 5.10. The van der Waals surface area contributed by atoms with Crippen molar-refractivity contribution in [2.24, 2.45) is 0 Å². The first kappa shape index (κ1) is 29.3. The second kappa shape index (κ2) is 13.6. The Morgan fingerprint density at radius 1 is 0.925 bits per heavy atom. The molecule has 1 N–H and O–H groups in total. The van der Waals surface area contributed by atoms with Gasteiger partial charge in [-0.15, -0.1) is 0 Å². The molecule has 1 atom stereocenters. The minimum atomic E-state index is -4.05. The maximum Gasteiger partial charge on any atom is 0.264 e. The molecule has 1 fully saturated rings. The lowest BCUT2D eigenvalue weighted by Crippen LogP contribution is -2.54. The Kier molecular flexibility index (Phi) is 9.98. The van der Waals surface area contributed by atoms with Crippen molar-refractivity contribution >= 4 is 27.5 Å². The fraction of sp³-hybridized carbons (Fsp3) is 0.375. The maximum atomic E-state index is 14.1. The third kappa shape index (κ3) is 7.30. The summed E-state index contributed by atoms with van der Waals surface area (Å²) in [7, 11) is -4.05. The predicted molar refractivity (Wildman–Crippen MR) is 158 cm³/mol. The average Bonchev–Trinajstić information content (AvgIpc) is 3.47. The van der Waals surface area contributed by atoms with E-state index in [1.54, 1.807) is 41.3 Å². The Hall–Kier alpha value is -3.65. The number of rotatable bonds is 12. The van der Waals surface area contributed by atoms with Crippen LogP contribution in [0.2, 0.25) is 0 Å². The Morgan fingerprint density at radius 2 is 1.57 bits per heavy atom. The Bertz CT molecular complexity index is 1370. The van der Waals surface area contributed by atoms with E-state index in [1.807, 2.05) is 50.2 Å². The second-order valence-corrected chi connectivity index (χ2v) is 12.3. The molecule has 8 heteroatoms. The molecule has 0 aromatic heterocycles. The van der Waals surface area contributed by atoms with Crippen LogP contribution >= 0.6 is 0 Å². The van der Waals surface area contributed by atoms with Crippen LogP contribution in [0.4, 0.5) is 5.69 Å². The highest BCUT2D eigenvalue weighted by atomic mass is 32.2. The molecule has 1 aliphatic carbocycles. The van der Waals surface area contributed by atoms with Gasteiger partial charge in [0.2, 0.25) is 11.8 Å². The van der Waals surface area contributed by atoms with Gasteiger partial charge in [-0.3, -0.25) is 13.9 Å². The van der Waals surface area contributed by atoms with Gasteiger partial charge in [0, 0.05) is 12.6 Å². The third-order valence-corrected chi connectivity index (χ3v) is 9.26. The van der Waals surface area contributed by atoms with Crippen molar-refractivity contribution in [2.45, 2.75) is 69.4 Å². The number of sulfonamides is 1. The number of anilines is 1. The lowest BCUT2D eigenvalue weighted by molar-refractivity contribution is -0.139. The molecule has 7 nitrogen and oxygen atoms in total. The van der Waals surface area contributed by atoms with E-state index >= 15 is 0 Å². The molecular formula is C32H39N3O4S. The van der Waals surface area contributed by atoms with Crippen LogP contribution in [0.25, 0.3) is 0 Å². The summed E-state index contributed by atoms with van der Waals surface area (Å²) in [6.45, 7) is 3.65. The molecule has 3 aromatic rings. The number of benzene rings is 3. The molecule has 40 heavy (non-hydrogen) atoms. The Morgan fingerprint density at radius 3 is 2.20 bits per heavy atom. The van der Waals surface area contributed by atoms with Crippen LogP contribution in [0, 0.1) is 6.92 Å². The summed E-state index contributed by atoms with van der Waals surface area (Å²) < 4.78 is 28.9. The molecule has 0 unspecified atom stereocenters. The van der Waals surface area contributed by atoms with E-state index < -0.39 is 28.5 Å². The number of amides is 2. The van der Waals surface area contributed by atoms with E-state index in [2.05, 4.69) is 5.32 Å². The largest absolute Gasteiger partial charge is 0.352 e. The molecule has 3 aromatic carbocycles. The van der Waals surface area contributed by atoms with Gasteiger partial charge in [0.1, 0.15) is 12.6 Å². The van der Waals surface area contributed by atoms with E-state index in [9.17, 15) is 18.0 Å². The van der Waals surface area contributed by atoms with Gasteiger partial charge in [-0.1, -0.05) is 80.4 Å². The van der Waals surface area contributed by atoms with Crippen molar-refractivity contribution in [3.8, 4) is 0 Å². The number of nitrogens with one attached hydrogen (secondary N) is 1. The fourth-order valence-corrected chi connectivity index (χ4v) is 6.72. The zero-order valence-electron chi connectivity index (χ0n) is 23.3. The van der Waals surface area contributed by atoms with Gasteiger partial charge in [-0.2, -0.15) is 0 Å². The van der Waals surface area contributed by atoms with E-state index in [0.29, 0.717) is 25.1 Å². The summed E-state index contributed by atoms with van der Waals surface area (Å²) in [5.41, 5.74) is 2.32. The van der Waals surface area contributed by atoms with Crippen LogP contribution < -0.4 is 9.62 Å². The van der Waals surface area contributed by atoms with Crippen molar-refractivity contribution in [1.29, 1.82) is 0 Å². The minimum Gasteiger partial charge on any atom is -0.352 e. The van der Waals surface area contributed by atoms with Crippen LogP contribution in [-0.4, -0.2) is 50.3 Å². The standard InChI is InChI=1S/C32H39N3O4S/c1-3-30(32(37)33-27-16-10-11-17-27)34(22-21-26-14-6-4-7-15-26)31(36)24-35(28-18-12-13-25(2)23-28)40(38,39)29-19-8-5-9-20-29/h4-9,12-15,18-20,23,27,30H,3,10-11,16-17,21-22,24H2,1-2H3,(H,33,37)/t30-/m1/s1. The molecule has 1 aliphatic rings.